The highest BCUT2D eigenvalue weighted by molar-refractivity contribution is 6.35. The first kappa shape index (κ1) is 18.9. The van der Waals surface area contributed by atoms with E-state index in [9.17, 15) is 9.59 Å². The van der Waals surface area contributed by atoms with Crippen LogP contribution in [0.25, 0.3) is 0 Å². The van der Waals surface area contributed by atoms with Gasteiger partial charge in [0, 0.05) is 23.3 Å². The molecule has 2 aliphatic heterocycles. The molecule has 1 unspecified atom stereocenters. The Morgan fingerprint density at radius 2 is 1.82 bits per heavy atom. The molecule has 0 aromatic heterocycles. The Kier molecular flexibility index (Phi) is 5.33. The minimum atomic E-state index is -0.573. The largest absolute Gasteiger partial charge is 0.486 e. The van der Waals surface area contributed by atoms with Gasteiger partial charge in [-0.05, 0) is 43.2 Å². The summed E-state index contributed by atoms with van der Waals surface area (Å²) in [7, 11) is 0. The van der Waals surface area contributed by atoms with Crippen LogP contribution in [0.5, 0.6) is 11.5 Å². The minimum Gasteiger partial charge on any atom is -0.486 e. The van der Waals surface area contributed by atoms with E-state index in [1.54, 1.807) is 35.2 Å². The van der Waals surface area contributed by atoms with Crippen LogP contribution in [-0.2, 0) is 4.79 Å². The molecule has 2 amide bonds. The topological polar surface area (TPSA) is 67.9 Å². The van der Waals surface area contributed by atoms with Crippen molar-refractivity contribution >= 4 is 40.7 Å². The molecule has 146 valence electrons. The van der Waals surface area contributed by atoms with E-state index in [4.69, 9.17) is 32.7 Å². The van der Waals surface area contributed by atoms with E-state index in [1.807, 2.05) is 0 Å². The Morgan fingerprint density at radius 3 is 2.64 bits per heavy atom. The van der Waals surface area contributed by atoms with Gasteiger partial charge < -0.3 is 19.7 Å². The SMILES string of the molecule is O=C(Nc1ccc2c(c1)OCCO2)C1CCCN1C(=O)c1cc(Cl)ccc1Cl. The number of likely N-dealkylation sites (tertiary alicyclic amines) is 1. The molecule has 1 atom stereocenters. The number of nitrogens with one attached hydrogen (secondary N) is 1. The predicted molar refractivity (Wildman–Crippen MR) is 107 cm³/mol. The van der Waals surface area contributed by atoms with Gasteiger partial charge in [0.05, 0.1) is 10.6 Å². The van der Waals surface area contributed by atoms with E-state index in [2.05, 4.69) is 5.32 Å². The predicted octanol–water partition coefficient (Wildman–Crippen LogP) is 4.01. The molecule has 1 fully saturated rings. The van der Waals surface area contributed by atoms with Gasteiger partial charge in [0.25, 0.3) is 5.91 Å². The summed E-state index contributed by atoms with van der Waals surface area (Å²) in [6.45, 7) is 1.46. The minimum absolute atomic E-state index is 0.249. The molecule has 2 heterocycles. The number of ether oxygens (including phenoxy) is 2. The lowest BCUT2D eigenvalue weighted by molar-refractivity contribution is -0.119. The molecule has 8 heteroatoms. The molecular formula is C20H18Cl2N2O4. The van der Waals surface area contributed by atoms with Crippen LogP contribution in [-0.4, -0.2) is 42.5 Å². The van der Waals surface area contributed by atoms with E-state index >= 15 is 0 Å². The average Bonchev–Trinajstić information content (AvgIpc) is 3.19. The quantitative estimate of drug-likeness (QED) is 0.814. The molecule has 2 aromatic rings. The van der Waals surface area contributed by atoms with Crippen LogP contribution in [0.15, 0.2) is 36.4 Å². The van der Waals surface area contributed by atoms with Crippen LogP contribution in [0.4, 0.5) is 5.69 Å². The van der Waals surface area contributed by atoms with E-state index in [0.717, 1.165) is 6.42 Å². The van der Waals surface area contributed by atoms with E-state index < -0.39 is 6.04 Å². The highest BCUT2D eigenvalue weighted by atomic mass is 35.5. The molecule has 0 radical (unpaired) electrons. The number of halogens is 2. The number of fused-ring (bicyclic) bond motifs is 1. The zero-order valence-electron chi connectivity index (χ0n) is 14.9. The standard InChI is InChI=1S/C20H18Cl2N2O4/c21-12-3-5-15(22)14(10-12)20(26)24-7-1-2-16(24)19(25)23-13-4-6-17-18(11-13)28-9-8-27-17/h3-6,10-11,16H,1-2,7-9H2,(H,23,25). The van der Waals surface area contributed by atoms with Crippen molar-refractivity contribution in [2.75, 3.05) is 25.1 Å². The number of hydrogen-bond donors (Lipinski definition) is 1. The number of carbonyl (C=O) groups is 2. The van der Waals surface area contributed by atoms with Crippen LogP contribution < -0.4 is 14.8 Å². The smallest absolute Gasteiger partial charge is 0.256 e. The first-order chi connectivity index (χ1) is 13.5. The molecule has 2 aromatic carbocycles. The lowest BCUT2D eigenvalue weighted by Crippen LogP contribution is -2.43. The van der Waals surface area contributed by atoms with Crippen LogP contribution >= 0.6 is 23.2 Å². The summed E-state index contributed by atoms with van der Waals surface area (Å²) in [6.07, 6.45) is 1.32. The summed E-state index contributed by atoms with van der Waals surface area (Å²) in [5.41, 5.74) is 0.891. The maximum atomic E-state index is 12.9. The first-order valence-corrected chi connectivity index (χ1v) is 9.75. The fraction of sp³-hybridized carbons (Fsp3) is 0.300. The number of anilines is 1. The number of rotatable bonds is 3. The monoisotopic (exact) mass is 420 g/mol. The summed E-state index contributed by atoms with van der Waals surface area (Å²) >= 11 is 12.2. The zero-order valence-corrected chi connectivity index (χ0v) is 16.4. The number of nitrogens with zero attached hydrogens (tertiary/aromatic N) is 1. The normalized spacial score (nSPS) is 18.1. The lowest BCUT2D eigenvalue weighted by atomic mass is 10.1. The number of hydrogen-bond acceptors (Lipinski definition) is 4. The van der Waals surface area contributed by atoms with Crippen LogP contribution in [0.1, 0.15) is 23.2 Å². The third-order valence-corrected chi connectivity index (χ3v) is 5.35. The summed E-state index contributed by atoms with van der Waals surface area (Å²) in [4.78, 5) is 27.3. The van der Waals surface area contributed by atoms with Crippen LogP contribution in [0.3, 0.4) is 0 Å². The molecule has 28 heavy (non-hydrogen) atoms. The fourth-order valence-electron chi connectivity index (χ4n) is 3.45. The number of amides is 2. The lowest BCUT2D eigenvalue weighted by Gasteiger charge is -2.25. The third kappa shape index (κ3) is 3.75. The molecule has 6 nitrogen and oxygen atoms in total. The van der Waals surface area contributed by atoms with Gasteiger partial charge in [-0.15, -0.1) is 0 Å². The summed E-state index contributed by atoms with van der Waals surface area (Å²) < 4.78 is 11.0. The van der Waals surface area contributed by atoms with Gasteiger partial charge in [-0.2, -0.15) is 0 Å². The zero-order chi connectivity index (χ0) is 19.7. The molecule has 0 aliphatic carbocycles. The fourth-order valence-corrected chi connectivity index (χ4v) is 3.82. The maximum absolute atomic E-state index is 12.9. The maximum Gasteiger partial charge on any atom is 0.256 e. The van der Waals surface area contributed by atoms with Gasteiger partial charge in [-0.1, -0.05) is 23.2 Å². The van der Waals surface area contributed by atoms with Crippen molar-refractivity contribution in [2.45, 2.75) is 18.9 Å². The molecule has 0 spiro atoms. The van der Waals surface area contributed by atoms with Gasteiger partial charge in [-0.3, -0.25) is 9.59 Å². The van der Waals surface area contributed by atoms with Crippen molar-refractivity contribution in [3.05, 3.63) is 52.0 Å². The number of carbonyl (C=O) groups excluding carboxylic acids is 2. The second kappa shape index (κ2) is 7.89. The summed E-state index contributed by atoms with van der Waals surface area (Å²) in [6, 6.07) is 9.39. The van der Waals surface area contributed by atoms with E-state index in [1.165, 1.54) is 6.07 Å². The Labute approximate surface area is 172 Å². The van der Waals surface area contributed by atoms with Crippen molar-refractivity contribution in [3.63, 3.8) is 0 Å². The highest BCUT2D eigenvalue weighted by Crippen LogP contribution is 2.33. The third-order valence-electron chi connectivity index (χ3n) is 4.78. The molecule has 0 bridgehead atoms. The van der Waals surface area contributed by atoms with Gasteiger partial charge in [0.2, 0.25) is 5.91 Å². The Balaban J connectivity index is 1.50. The van der Waals surface area contributed by atoms with Crippen molar-refractivity contribution in [3.8, 4) is 11.5 Å². The van der Waals surface area contributed by atoms with Gasteiger partial charge >= 0.3 is 0 Å². The Hall–Kier alpha value is -2.44. The average molecular weight is 421 g/mol. The second-order valence-corrected chi connectivity index (χ2v) is 7.47. The van der Waals surface area contributed by atoms with Crippen molar-refractivity contribution in [1.29, 1.82) is 0 Å². The Morgan fingerprint density at radius 1 is 1.04 bits per heavy atom. The van der Waals surface area contributed by atoms with Crippen molar-refractivity contribution < 1.29 is 19.1 Å². The molecule has 1 N–H and O–H groups in total. The highest BCUT2D eigenvalue weighted by Gasteiger charge is 2.35. The van der Waals surface area contributed by atoms with E-state index in [-0.39, 0.29) is 11.8 Å². The Bertz CT molecular complexity index is 934. The molecule has 4 rings (SSSR count). The second-order valence-electron chi connectivity index (χ2n) is 6.63. The molecule has 1 saturated heterocycles. The van der Waals surface area contributed by atoms with E-state index in [0.29, 0.717) is 59.0 Å². The van der Waals surface area contributed by atoms with Crippen LogP contribution in [0, 0.1) is 0 Å². The summed E-state index contributed by atoms with van der Waals surface area (Å²) in [5.74, 6) is 0.694. The number of benzene rings is 2. The van der Waals surface area contributed by atoms with Gasteiger partial charge in [0.15, 0.2) is 11.5 Å². The van der Waals surface area contributed by atoms with Crippen LogP contribution in [0.2, 0.25) is 10.0 Å². The molecular weight excluding hydrogens is 403 g/mol. The van der Waals surface area contributed by atoms with Crippen molar-refractivity contribution in [2.24, 2.45) is 0 Å². The van der Waals surface area contributed by atoms with Gasteiger partial charge in [0.1, 0.15) is 19.3 Å². The molecule has 2 aliphatic rings. The van der Waals surface area contributed by atoms with Crippen molar-refractivity contribution in [1.82, 2.24) is 4.90 Å². The molecule has 0 saturated carbocycles. The summed E-state index contributed by atoms with van der Waals surface area (Å²) in [5, 5.41) is 3.60. The first-order valence-electron chi connectivity index (χ1n) is 8.99. The van der Waals surface area contributed by atoms with Gasteiger partial charge in [-0.25, -0.2) is 0 Å².